The maximum absolute atomic E-state index is 5.48. The molecule has 0 aliphatic heterocycles. The summed E-state index contributed by atoms with van der Waals surface area (Å²) < 4.78 is 21.4. The summed E-state index contributed by atoms with van der Waals surface area (Å²) in [6.45, 7) is 19.9. The van der Waals surface area contributed by atoms with Gasteiger partial charge in [0, 0.05) is 61.1 Å². The van der Waals surface area contributed by atoms with Gasteiger partial charge in [-0.2, -0.15) is 0 Å². The van der Waals surface area contributed by atoms with Crippen molar-refractivity contribution in [2.45, 2.75) is 88.0 Å². The van der Waals surface area contributed by atoms with Crippen molar-refractivity contribution in [1.82, 2.24) is 0 Å². The highest BCUT2D eigenvalue weighted by atomic mass is 16.5. The van der Waals surface area contributed by atoms with Crippen LogP contribution in [0, 0.1) is 145 Å². The maximum atomic E-state index is 5.48. The van der Waals surface area contributed by atoms with E-state index in [1.807, 2.05) is 95.3 Å². The van der Waals surface area contributed by atoms with E-state index in [1.54, 1.807) is 14.2 Å². The van der Waals surface area contributed by atoms with Crippen LogP contribution in [0.1, 0.15) is 96.4 Å². The van der Waals surface area contributed by atoms with E-state index in [1.165, 1.54) is 31.2 Å². The molecule has 352 valence electrons. The first-order chi connectivity index (χ1) is 34.1. The van der Waals surface area contributed by atoms with Crippen molar-refractivity contribution in [1.29, 1.82) is 0 Å². The largest absolute Gasteiger partial charge is 0.496 e. The first kappa shape index (κ1) is 59.3. The summed E-state index contributed by atoms with van der Waals surface area (Å²) in [5.74, 6) is 43.3. The Morgan fingerprint density at radius 3 is 1.50 bits per heavy atom. The van der Waals surface area contributed by atoms with Gasteiger partial charge in [-0.1, -0.05) is 126 Å². The van der Waals surface area contributed by atoms with E-state index >= 15 is 0 Å². The van der Waals surface area contributed by atoms with Crippen LogP contribution >= 0.6 is 0 Å². The first-order valence-electron chi connectivity index (χ1n) is 23.1. The molecular formula is C66H64O4. The lowest BCUT2D eigenvalue weighted by Crippen LogP contribution is -2.00. The fraction of sp³-hybridized carbons (Fsp3) is 0.273. The van der Waals surface area contributed by atoms with E-state index in [0.717, 1.165) is 63.1 Å². The molecule has 4 heteroatoms. The third kappa shape index (κ3) is 25.9. The molecule has 4 nitrogen and oxygen atoms in total. The van der Waals surface area contributed by atoms with Crippen molar-refractivity contribution < 1.29 is 18.9 Å². The molecule has 0 spiro atoms. The molecular weight excluding hydrogens is 857 g/mol. The summed E-state index contributed by atoms with van der Waals surface area (Å²) in [4.78, 5) is 0. The molecule has 0 heterocycles. The predicted molar refractivity (Wildman–Crippen MR) is 296 cm³/mol. The lowest BCUT2D eigenvalue weighted by molar-refractivity contribution is 0.177. The monoisotopic (exact) mass is 920 g/mol. The number of hydrogen-bond donors (Lipinski definition) is 0. The average molecular weight is 921 g/mol. The van der Waals surface area contributed by atoms with E-state index in [0.29, 0.717) is 11.5 Å². The molecule has 1 atom stereocenters. The van der Waals surface area contributed by atoms with Crippen LogP contribution < -0.4 is 14.2 Å². The second kappa shape index (κ2) is 38.4. The van der Waals surface area contributed by atoms with Gasteiger partial charge in [0.1, 0.15) is 29.5 Å². The molecule has 0 N–H and O–H groups in total. The van der Waals surface area contributed by atoms with Crippen molar-refractivity contribution in [3.8, 4) is 159 Å². The minimum absolute atomic E-state index is 0.627. The first-order valence-corrected chi connectivity index (χ1v) is 23.1. The fourth-order valence-corrected chi connectivity index (χ4v) is 6.13. The molecule has 0 radical (unpaired) electrons. The Kier molecular flexibility index (Phi) is 32.6. The van der Waals surface area contributed by atoms with Gasteiger partial charge in [0.15, 0.2) is 0 Å². The topological polar surface area (TPSA) is 36.9 Å². The van der Waals surface area contributed by atoms with Gasteiger partial charge in [-0.15, -0.1) is 12.8 Å². The van der Waals surface area contributed by atoms with Crippen LogP contribution in [0.4, 0.5) is 0 Å². The number of methoxy groups -OCH3 is 2. The summed E-state index contributed by atoms with van der Waals surface area (Å²) in [6, 6.07) is 26.0. The number of benzene rings is 4. The summed E-state index contributed by atoms with van der Waals surface area (Å²) >= 11 is 0. The number of rotatable bonds is 14. The average Bonchev–Trinajstić information content (AvgIpc) is 3.37. The number of terminal acetylenes is 2. The van der Waals surface area contributed by atoms with Gasteiger partial charge < -0.3 is 18.9 Å². The van der Waals surface area contributed by atoms with Crippen molar-refractivity contribution >= 4 is 12.2 Å². The zero-order valence-corrected chi connectivity index (χ0v) is 42.8. The number of aryl methyl sites for hydroxylation is 2. The van der Waals surface area contributed by atoms with Gasteiger partial charge in [-0.3, -0.25) is 0 Å². The Bertz CT molecular complexity index is 2960. The van der Waals surface area contributed by atoms with Crippen molar-refractivity contribution in [3.63, 3.8) is 0 Å². The van der Waals surface area contributed by atoms with E-state index in [9.17, 15) is 0 Å². The molecule has 0 amide bonds. The zero-order chi connectivity index (χ0) is 51.6. The highest BCUT2D eigenvalue weighted by Gasteiger charge is 2.10. The second-order valence-corrected chi connectivity index (χ2v) is 15.2. The lowest BCUT2D eigenvalue weighted by Gasteiger charge is -2.12. The zero-order valence-electron chi connectivity index (χ0n) is 42.8. The smallest absolute Gasteiger partial charge is 0.140 e. The van der Waals surface area contributed by atoms with Crippen LogP contribution in [0.5, 0.6) is 17.2 Å². The minimum Gasteiger partial charge on any atom is -0.496 e. The minimum atomic E-state index is 0.627. The lowest BCUT2D eigenvalue weighted by atomic mass is 9.96. The number of allylic oxidation sites excluding steroid dienone is 2. The molecule has 0 saturated heterocycles. The van der Waals surface area contributed by atoms with Crippen LogP contribution in [0.15, 0.2) is 91.0 Å². The van der Waals surface area contributed by atoms with Gasteiger partial charge in [0.25, 0.3) is 0 Å². The molecule has 0 aromatic heterocycles. The number of hydrogen-bond acceptors (Lipinski definition) is 4. The molecule has 0 bridgehead atoms. The molecule has 4 aromatic carbocycles. The van der Waals surface area contributed by atoms with E-state index < -0.39 is 0 Å². The van der Waals surface area contributed by atoms with Gasteiger partial charge >= 0.3 is 0 Å². The van der Waals surface area contributed by atoms with Crippen LogP contribution in [-0.4, -0.2) is 20.8 Å². The molecule has 0 aliphatic carbocycles. The number of ether oxygens (including phenoxy) is 4. The molecule has 70 heavy (non-hydrogen) atoms. The summed E-state index contributed by atoms with van der Waals surface area (Å²) in [6.07, 6.45) is 28.6. The predicted octanol–water partition coefficient (Wildman–Crippen LogP) is 13.9. The van der Waals surface area contributed by atoms with Crippen LogP contribution in [-0.2, 0) is 4.74 Å². The highest BCUT2D eigenvalue weighted by molar-refractivity contribution is 5.78. The van der Waals surface area contributed by atoms with E-state index in [-0.39, 0.29) is 0 Å². The van der Waals surface area contributed by atoms with Gasteiger partial charge in [-0.25, -0.2) is 0 Å². The molecule has 0 aliphatic rings. The summed E-state index contributed by atoms with van der Waals surface area (Å²) in [5.41, 5.74) is 8.80. The van der Waals surface area contributed by atoms with E-state index in [2.05, 4.69) is 177 Å². The molecule has 1 unspecified atom stereocenters. The Morgan fingerprint density at radius 1 is 0.543 bits per heavy atom. The van der Waals surface area contributed by atoms with Crippen molar-refractivity contribution in [2.24, 2.45) is 11.8 Å². The quantitative estimate of drug-likeness (QED) is 0.118. The maximum Gasteiger partial charge on any atom is 0.140 e. The highest BCUT2D eigenvalue weighted by Crippen LogP contribution is 2.33. The normalized spacial score (nSPS) is 9.29. The van der Waals surface area contributed by atoms with Crippen LogP contribution in [0.25, 0.3) is 34.4 Å². The molecule has 4 rings (SSSR count). The summed E-state index contributed by atoms with van der Waals surface area (Å²) in [5, 5.41) is 0. The van der Waals surface area contributed by atoms with E-state index in [4.69, 9.17) is 31.8 Å². The third-order valence-electron chi connectivity index (χ3n) is 9.39. The molecule has 0 fully saturated rings. The Labute approximate surface area is 422 Å². The Hall–Kier alpha value is -8.68. The standard InChI is InChI=1S/C27H18O2.C26H16O.C11H24O.C2H6/c1-5-7-8-9-10-11-12-13-18-29-25-17-14-16-24(20-25)26-19-22(3)27(28-4)21-23(26)15-6-2;1-4-6-7-8-9-10-11-12-19-27-25-16-13-15-24(21-25)26-20-22(3)17-18-23(26)14-5-2;1-10(2)6-5-7-11(3)8-9-12-4;1-2/h1,6,14-17,19-21H,2-4H3;1,5,13-18,20-21H,2-3H3;10-11H,5-9H2,1-4H3;1-2H3/b15-6+;14-5+;;. The second-order valence-electron chi connectivity index (χ2n) is 15.2. The molecule has 0 saturated carbocycles. The third-order valence-corrected chi connectivity index (χ3v) is 9.39. The Morgan fingerprint density at radius 2 is 1.03 bits per heavy atom. The Balaban J connectivity index is 0.000000556. The van der Waals surface area contributed by atoms with Crippen LogP contribution in [0.2, 0.25) is 0 Å². The van der Waals surface area contributed by atoms with Crippen molar-refractivity contribution in [3.05, 3.63) is 113 Å². The van der Waals surface area contributed by atoms with Crippen molar-refractivity contribution in [2.75, 3.05) is 20.8 Å². The van der Waals surface area contributed by atoms with Gasteiger partial charge in [0.2, 0.25) is 0 Å². The van der Waals surface area contributed by atoms with Gasteiger partial charge in [0.05, 0.1) is 7.11 Å². The fourth-order valence-electron chi connectivity index (χ4n) is 6.13. The SMILES string of the molecule is C#CC#CC#CC#CC#COc1cccc(-c2cc(C)c(OC)cc2/C=C/C)c1.C#CC#CC#CC#CC#COc1cccc(-c2cc(C)ccc2/C=C/C)c1.CC.COCCC(C)CCCC(C)C. The van der Waals surface area contributed by atoms with Crippen LogP contribution in [0.3, 0.4) is 0 Å². The summed E-state index contributed by atoms with van der Waals surface area (Å²) in [7, 11) is 3.45. The van der Waals surface area contributed by atoms with Gasteiger partial charge in [-0.05, 0) is 169 Å². The molecule has 4 aromatic rings.